The van der Waals surface area contributed by atoms with Crippen molar-refractivity contribution < 1.29 is 28.9 Å². The van der Waals surface area contributed by atoms with Crippen LogP contribution in [0.1, 0.15) is 70.4 Å². The molecule has 0 unspecified atom stereocenters. The highest BCUT2D eigenvalue weighted by Crippen LogP contribution is 2.56. The maximum Gasteiger partial charge on any atom is 0.318 e. The molecular formula is C37H36BrN3O8. The van der Waals surface area contributed by atoms with Gasteiger partial charge >= 0.3 is 5.69 Å². The Hall–Kier alpha value is -4.84. The van der Waals surface area contributed by atoms with Gasteiger partial charge in [0.15, 0.2) is 23.1 Å². The van der Waals surface area contributed by atoms with Crippen LogP contribution in [0.4, 0.5) is 11.4 Å². The molecule has 0 saturated carbocycles. The molecule has 254 valence electrons. The third-order valence-electron chi connectivity index (χ3n) is 9.35. The van der Waals surface area contributed by atoms with E-state index in [9.17, 15) is 29.8 Å². The summed E-state index contributed by atoms with van der Waals surface area (Å²) in [7, 11) is 1.42. The van der Waals surface area contributed by atoms with E-state index in [4.69, 9.17) is 9.47 Å². The Kier molecular flexibility index (Phi) is 8.72. The topological polar surface area (TPSA) is 142 Å². The second-order valence-electron chi connectivity index (χ2n) is 14.4. The highest BCUT2D eigenvalue weighted by Gasteiger charge is 2.49. The molecule has 0 aromatic heterocycles. The number of non-ortho nitro benzene ring substituents is 1. The third-order valence-corrected chi connectivity index (χ3v) is 9.94. The molecule has 0 spiro atoms. The van der Waals surface area contributed by atoms with Crippen LogP contribution in [0, 0.1) is 31.1 Å². The van der Waals surface area contributed by atoms with E-state index in [1.165, 1.54) is 7.11 Å². The number of halogens is 1. The van der Waals surface area contributed by atoms with Gasteiger partial charge in [-0.2, -0.15) is 0 Å². The van der Waals surface area contributed by atoms with Crippen molar-refractivity contribution in [2.45, 2.75) is 65.8 Å². The smallest absolute Gasteiger partial charge is 0.318 e. The van der Waals surface area contributed by atoms with Crippen LogP contribution in [-0.4, -0.2) is 33.4 Å². The minimum absolute atomic E-state index is 0.0181. The van der Waals surface area contributed by atoms with Gasteiger partial charge in [0.1, 0.15) is 0 Å². The van der Waals surface area contributed by atoms with E-state index in [1.807, 2.05) is 30.3 Å². The Labute approximate surface area is 292 Å². The summed E-state index contributed by atoms with van der Waals surface area (Å²) in [5.74, 6) is -0.635. The summed E-state index contributed by atoms with van der Waals surface area (Å²) in [6, 6.07) is 16.6. The summed E-state index contributed by atoms with van der Waals surface area (Å²) >= 11 is 3.57. The number of nitrogens with zero attached hydrogens (tertiary/aromatic N) is 3. The minimum Gasteiger partial charge on any atom is -0.493 e. The van der Waals surface area contributed by atoms with Gasteiger partial charge in [-0.25, -0.2) is 0 Å². The molecule has 49 heavy (non-hydrogen) atoms. The van der Waals surface area contributed by atoms with Crippen molar-refractivity contribution in [2.75, 3.05) is 7.11 Å². The zero-order chi connectivity index (χ0) is 35.4. The lowest BCUT2D eigenvalue weighted by molar-refractivity contribution is -0.394. The lowest BCUT2D eigenvalue weighted by Gasteiger charge is -2.49. The quantitative estimate of drug-likeness (QED) is 0.164. The lowest BCUT2D eigenvalue weighted by atomic mass is 9.63. The first kappa shape index (κ1) is 34.0. The molecule has 1 aliphatic heterocycles. The number of nitro benzene ring substituents is 2. The number of carbonyl (C=O) groups is 2. The molecule has 3 aromatic carbocycles. The molecule has 12 heteroatoms. The molecule has 0 N–H and O–H groups in total. The van der Waals surface area contributed by atoms with E-state index in [0.29, 0.717) is 53.4 Å². The summed E-state index contributed by atoms with van der Waals surface area (Å²) in [6.07, 6.45) is 1.94. The highest BCUT2D eigenvalue weighted by molar-refractivity contribution is 9.10. The van der Waals surface area contributed by atoms with E-state index < -0.39 is 27.1 Å². The molecule has 3 aliphatic rings. The number of nitro groups is 2. The Balaban J connectivity index is 1.53. The van der Waals surface area contributed by atoms with E-state index in [-0.39, 0.29) is 39.6 Å². The van der Waals surface area contributed by atoms with Gasteiger partial charge in [-0.05, 0) is 68.9 Å². The van der Waals surface area contributed by atoms with Crippen LogP contribution in [0.2, 0.25) is 0 Å². The molecule has 0 saturated heterocycles. The number of Topliss-reactive ketones (excluding diaryl/α,β-unsaturated/α-hetero) is 2. The van der Waals surface area contributed by atoms with Crippen molar-refractivity contribution in [1.82, 2.24) is 4.90 Å². The molecule has 11 nitrogen and oxygen atoms in total. The summed E-state index contributed by atoms with van der Waals surface area (Å²) in [4.78, 5) is 52.4. The Morgan fingerprint density at radius 2 is 1.41 bits per heavy atom. The van der Waals surface area contributed by atoms with Crippen LogP contribution < -0.4 is 9.47 Å². The maximum atomic E-state index is 14.3. The van der Waals surface area contributed by atoms with Crippen molar-refractivity contribution in [3.05, 3.63) is 119 Å². The van der Waals surface area contributed by atoms with Gasteiger partial charge in [0, 0.05) is 53.9 Å². The Bertz CT molecular complexity index is 1930. The number of methoxy groups -OCH3 is 1. The summed E-state index contributed by atoms with van der Waals surface area (Å²) in [5.41, 5.74) is 3.08. The zero-order valence-corrected chi connectivity index (χ0v) is 29.5. The Morgan fingerprint density at radius 1 is 0.816 bits per heavy atom. The van der Waals surface area contributed by atoms with E-state index in [2.05, 4.69) is 48.5 Å². The lowest BCUT2D eigenvalue weighted by Crippen LogP contribution is -2.44. The third kappa shape index (κ3) is 6.49. The number of hydrogen-bond acceptors (Lipinski definition) is 9. The van der Waals surface area contributed by atoms with Crippen molar-refractivity contribution in [3.63, 3.8) is 0 Å². The Morgan fingerprint density at radius 3 is 1.94 bits per heavy atom. The number of allylic oxidation sites excluding steroid dienone is 4. The fourth-order valence-corrected chi connectivity index (χ4v) is 7.84. The summed E-state index contributed by atoms with van der Waals surface area (Å²) in [6.45, 7) is 8.88. The first-order valence-electron chi connectivity index (χ1n) is 15.9. The number of benzene rings is 3. The second-order valence-corrected chi connectivity index (χ2v) is 15.3. The number of ether oxygens (including phenoxy) is 2. The van der Waals surface area contributed by atoms with Gasteiger partial charge in [-0.1, -0.05) is 58.0 Å². The standard InChI is InChI=1S/C37H36BrN3O8/c1-36(2)16-26-33(28(42)18-36)32(34-27(17-37(3,4)19-29(34)43)39(26)20-21-9-7-6-8-10-21)22-13-24(38)35(31(14-22)48-5)49-30-12-11-23(40(44)45)15-25(30)41(46)47/h6-15,32H,16-20H2,1-5H3. The van der Waals surface area contributed by atoms with Gasteiger partial charge in [0.2, 0.25) is 5.75 Å². The molecule has 0 radical (unpaired) electrons. The zero-order valence-electron chi connectivity index (χ0n) is 27.9. The SMILES string of the molecule is COc1cc(C2C3=C(CC(C)(C)CC3=O)N(Cc3ccccc3)C3=C2C(=O)CC(C)(C)C3)cc(Br)c1Oc1ccc([N+](=O)[O-])cc1[N+](=O)[O-]. The first-order valence-corrected chi connectivity index (χ1v) is 16.7. The number of carbonyl (C=O) groups excluding carboxylic acids is 2. The van der Waals surface area contributed by atoms with Crippen LogP contribution in [0.15, 0.2) is 87.7 Å². The molecule has 0 amide bonds. The number of ketones is 2. The molecule has 0 fully saturated rings. The van der Waals surface area contributed by atoms with Crippen molar-refractivity contribution in [1.29, 1.82) is 0 Å². The fraction of sp³-hybridized carbons (Fsp3) is 0.351. The van der Waals surface area contributed by atoms with Crippen LogP contribution in [0.5, 0.6) is 17.2 Å². The molecule has 2 aliphatic carbocycles. The van der Waals surface area contributed by atoms with Crippen LogP contribution in [0.3, 0.4) is 0 Å². The number of rotatable bonds is 8. The van der Waals surface area contributed by atoms with Gasteiger partial charge in [-0.15, -0.1) is 0 Å². The van der Waals surface area contributed by atoms with Gasteiger partial charge in [0.05, 0.1) is 27.5 Å². The van der Waals surface area contributed by atoms with Crippen LogP contribution in [-0.2, 0) is 16.1 Å². The predicted molar refractivity (Wildman–Crippen MR) is 185 cm³/mol. The maximum absolute atomic E-state index is 14.3. The fourth-order valence-electron chi connectivity index (χ4n) is 7.30. The molecule has 1 heterocycles. The van der Waals surface area contributed by atoms with Crippen LogP contribution in [0.25, 0.3) is 0 Å². The molecule has 3 aromatic rings. The molecule has 0 bridgehead atoms. The average molecular weight is 731 g/mol. The minimum atomic E-state index is -0.755. The van der Waals surface area contributed by atoms with Gasteiger partial charge in [-0.3, -0.25) is 29.8 Å². The summed E-state index contributed by atoms with van der Waals surface area (Å²) < 4.78 is 12.1. The number of hydrogen-bond donors (Lipinski definition) is 0. The molecule has 0 atom stereocenters. The van der Waals surface area contributed by atoms with Crippen molar-refractivity contribution >= 4 is 38.9 Å². The normalized spacial score (nSPS) is 18.6. The largest absolute Gasteiger partial charge is 0.493 e. The van der Waals surface area contributed by atoms with Crippen molar-refractivity contribution in [2.24, 2.45) is 10.8 Å². The highest BCUT2D eigenvalue weighted by atomic mass is 79.9. The van der Waals surface area contributed by atoms with Crippen LogP contribution >= 0.6 is 15.9 Å². The van der Waals surface area contributed by atoms with Gasteiger partial charge in [0.25, 0.3) is 5.69 Å². The molecule has 6 rings (SSSR count). The average Bonchev–Trinajstić information content (AvgIpc) is 3.01. The monoisotopic (exact) mass is 729 g/mol. The molecular weight excluding hydrogens is 694 g/mol. The summed E-state index contributed by atoms with van der Waals surface area (Å²) in [5, 5.41) is 23.1. The predicted octanol–water partition coefficient (Wildman–Crippen LogP) is 8.95. The van der Waals surface area contributed by atoms with Crippen molar-refractivity contribution in [3.8, 4) is 17.2 Å². The first-order chi connectivity index (χ1) is 23.1. The van der Waals surface area contributed by atoms with E-state index in [1.54, 1.807) is 12.1 Å². The van der Waals surface area contributed by atoms with E-state index >= 15 is 0 Å². The second kappa shape index (κ2) is 12.6. The van der Waals surface area contributed by atoms with E-state index in [0.717, 1.165) is 35.2 Å². The van der Waals surface area contributed by atoms with Gasteiger partial charge < -0.3 is 14.4 Å².